The van der Waals surface area contributed by atoms with Crippen LogP contribution in [0.25, 0.3) is 0 Å². The van der Waals surface area contributed by atoms with Crippen molar-refractivity contribution in [1.82, 2.24) is 36.9 Å². The fourth-order valence-electron chi connectivity index (χ4n) is 5.91. The number of thioether (sulfide) groups is 2. The summed E-state index contributed by atoms with van der Waals surface area (Å²) in [6.45, 7) is 13.3. The number of nitrogens with zero attached hydrogens (tertiary/aromatic N) is 1. The first-order valence-corrected chi connectivity index (χ1v) is 20.5. The standard InChI is InChI=1S/C36H59N7O5S2/c1-7-25(6)31-34(47)38-17-18-49-20-26-9-8-10-27(39-26)21-50-22-29(40-30(44)12-11-23(2)3)33(46)43-36(13-15-37-16-14-36)35(48)41-28(19-24(4)5)32(45)42-31/h8-10,23-25,28-29,31,37H,7,11-22H2,1-6H3,(H,38,47)(H,40,44)(H,41,48)(H,42,45)(H,43,46)/t25-,28-,29-,31-/m0/s1. The van der Waals surface area contributed by atoms with Crippen LogP contribution in [0.1, 0.15) is 91.5 Å². The molecule has 1 aromatic rings. The van der Waals surface area contributed by atoms with Crippen molar-refractivity contribution < 1.29 is 24.0 Å². The van der Waals surface area contributed by atoms with Crippen molar-refractivity contribution in [2.45, 2.75) is 115 Å². The van der Waals surface area contributed by atoms with Gasteiger partial charge in [0.25, 0.3) is 0 Å². The van der Waals surface area contributed by atoms with Crippen molar-refractivity contribution in [3.8, 4) is 0 Å². The smallest absolute Gasteiger partial charge is 0.246 e. The molecular formula is C36H59N7O5S2. The van der Waals surface area contributed by atoms with Crippen molar-refractivity contribution in [3.63, 3.8) is 0 Å². The first-order chi connectivity index (χ1) is 23.8. The molecule has 1 aromatic heterocycles. The molecule has 14 heteroatoms. The lowest BCUT2D eigenvalue weighted by Crippen LogP contribution is -2.67. The number of hydrogen-bond acceptors (Lipinski definition) is 9. The summed E-state index contributed by atoms with van der Waals surface area (Å²) >= 11 is 3.15. The summed E-state index contributed by atoms with van der Waals surface area (Å²) in [5.41, 5.74) is 0.491. The quantitative estimate of drug-likeness (QED) is 0.235. The zero-order valence-corrected chi connectivity index (χ0v) is 32.3. The van der Waals surface area contributed by atoms with E-state index in [9.17, 15) is 24.0 Å². The number of amides is 5. The van der Waals surface area contributed by atoms with Gasteiger partial charge in [0.15, 0.2) is 0 Å². The Morgan fingerprint density at radius 3 is 2.24 bits per heavy atom. The molecule has 0 aromatic carbocycles. The molecule has 6 N–H and O–H groups in total. The topological polar surface area (TPSA) is 170 Å². The molecule has 3 rings (SSSR count). The molecule has 5 amide bonds. The van der Waals surface area contributed by atoms with Crippen LogP contribution in [0.15, 0.2) is 18.2 Å². The zero-order chi connectivity index (χ0) is 36.7. The third-order valence-corrected chi connectivity index (χ3v) is 11.2. The number of pyridine rings is 1. The lowest BCUT2D eigenvalue weighted by molar-refractivity contribution is -0.139. The maximum atomic E-state index is 14.2. The van der Waals surface area contributed by atoms with Gasteiger partial charge in [-0.05, 0) is 68.7 Å². The first kappa shape index (κ1) is 41.6. The molecule has 1 saturated heterocycles. The van der Waals surface area contributed by atoms with E-state index >= 15 is 0 Å². The summed E-state index contributed by atoms with van der Waals surface area (Å²) in [5.74, 6) is 0.644. The van der Waals surface area contributed by atoms with Gasteiger partial charge >= 0.3 is 0 Å². The first-order valence-electron chi connectivity index (χ1n) is 18.1. The molecule has 2 bridgehead atoms. The van der Waals surface area contributed by atoms with Crippen LogP contribution in [-0.4, -0.2) is 89.3 Å². The highest BCUT2D eigenvalue weighted by molar-refractivity contribution is 7.98. The number of carbonyl (C=O) groups excluding carboxylic acids is 5. The highest BCUT2D eigenvalue weighted by atomic mass is 32.2. The Labute approximate surface area is 306 Å². The van der Waals surface area contributed by atoms with Crippen LogP contribution in [0.2, 0.25) is 0 Å². The minimum absolute atomic E-state index is 0.0626. The van der Waals surface area contributed by atoms with Crippen molar-refractivity contribution in [2.24, 2.45) is 17.8 Å². The second kappa shape index (κ2) is 20.9. The highest BCUT2D eigenvalue weighted by Crippen LogP contribution is 2.22. The number of aromatic nitrogens is 1. The lowest BCUT2D eigenvalue weighted by Gasteiger charge is -2.39. The van der Waals surface area contributed by atoms with Crippen LogP contribution in [0.5, 0.6) is 0 Å². The fraction of sp³-hybridized carbons (Fsp3) is 0.722. The number of carbonyl (C=O) groups is 5. The molecule has 0 unspecified atom stereocenters. The number of hydrogen-bond donors (Lipinski definition) is 6. The van der Waals surface area contributed by atoms with Crippen LogP contribution in [0, 0.1) is 17.8 Å². The Kier molecular flexibility index (Phi) is 17.4. The predicted octanol–water partition coefficient (Wildman–Crippen LogP) is 2.90. The summed E-state index contributed by atoms with van der Waals surface area (Å²) in [6.07, 6.45) is 2.64. The normalized spacial score (nSPS) is 23.9. The molecule has 4 atom stereocenters. The molecule has 12 nitrogen and oxygen atoms in total. The van der Waals surface area contributed by atoms with E-state index in [-0.39, 0.29) is 23.7 Å². The van der Waals surface area contributed by atoms with Crippen molar-refractivity contribution in [3.05, 3.63) is 29.6 Å². The summed E-state index contributed by atoms with van der Waals surface area (Å²) in [5, 5.41) is 18.2. The fourth-order valence-corrected chi connectivity index (χ4v) is 7.63. The monoisotopic (exact) mass is 733 g/mol. The Balaban J connectivity index is 1.96. The molecule has 2 aliphatic heterocycles. The van der Waals surface area contributed by atoms with Crippen LogP contribution in [0.4, 0.5) is 0 Å². The second-order valence-corrected chi connectivity index (χ2v) is 16.5. The van der Waals surface area contributed by atoms with Gasteiger partial charge in [0.05, 0.1) is 11.4 Å². The molecular weight excluding hydrogens is 675 g/mol. The third kappa shape index (κ3) is 13.4. The van der Waals surface area contributed by atoms with Crippen molar-refractivity contribution >= 4 is 53.1 Å². The Morgan fingerprint density at radius 2 is 1.60 bits per heavy atom. The van der Waals surface area contributed by atoms with E-state index < -0.39 is 41.4 Å². The van der Waals surface area contributed by atoms with Crippen LogP contribution >= 0.6 is 23.5 Å². The number of piperidine rings is 1. The molecule has 2 aliphatic rings. The van der Waals surface area contributed by atoms with E-state index in [0.717, 1.165) is 11.4 Å². The van der Waals surface area contributed by atoms with E-state index in [1.54, 1.807) is 11.8 Å². The molecule has 0 saturated carbocycles. The summed E-state index contributed by atoms with van der Waals surface area (Å²) < 4.78 is 0. The Morgan fingerprint density at radius 1 is 0.920 bits per heavy atom. The van der Waals surface area contributed by atoms with Crippen LogP contribution in [-0.2, 0) is 35.5 Å². The molecule has 1 fully saturated rings. The zero-order valence-electron chi connectivity index (χ0n) is 30.7. The van der Waals surface area contributed by atoms with Crippen LogP contribution < -0.4 is 31.9 Å². The molecule has 280 valence electrons. The highest BCUT2D eigenvalue weighted by Gasteiger charge is 2.44. The van der Waals surface area contributed by atoms with E-state index in [1.165, 1.54) is 11.8 Å². The number of nitrogens with one attached hydrogen (secondary N) is 6. The van der Waals surface area contributed by atoms with Gasteiger partial charge in [0, 0.05) is 36.0 Å². The Bertz CT molecular complexity index is 1290. The van der Waals surface area contributed by atoms with Gasteiger partial charge in [-0.15, -0.1) is 0 Å². The van der Waals surface area contributed by atoms with Crippen LogP contribution in [0.3, 0.4) is 0 Å². The van der Waals surface area contributed by atoms with Gasteiger partial charge in [-0.2, -0.15) is 23.5 Å². The number of fused-ring (bicyclic) bond motifs is 2. The molecule has 0 radical (unpaired) electrons. The molecule has 3 heterocycles. The van der Waals surface area contributed by atoms with Gasteiger partial charge in [0.2, 0.25) is 29.5 Å². The van der Waals surface area contributed by atoms with E-state index in [1.807, 2.05) is 59.7 Å². The summed E-state index contributed by atoms with van der Waals surface area (Å²) in [7, 11) is 0. The van der Waals surface area contributed by atoms with Gasteiger partial charge < -0.3 is 31.9 Å². The van der Waals surface area contributed by atoms with E-state index in [4.69, 9.17) is 4.98 Å². The van der Waals surface area contributed by atoms with Gasteiger partial charge in [-0.3, -0.25) is 29.0 Å². The largest absolute Gasteiger partial charge is 0.353 e. The average molecular weight is 734 g/mol. The van der Waals surface area contributed by atoms with E-state index in [0.29, 0.717) is 87.1 Å². The van der Waals surface area contributed by atoms with Crippen molar-refractivity contribution in [1.29, 1.82) is 0 Å². The minimum atomic E-state index is -1.29. The Hall–Kier alpha value is -2.84. The van der Waals surface area contributed by atoms with E-state index in [2.05, 4.69) is 31.9 Å². The van der Waals surface area contributed by atoms with Gasteiger partial charge in [-0.25, -0.2) is 0 Å². The lowest BCUT2D eigenvalue weighted by atomic mass is 9.86. The molecule has 1 spiro atoms. The maximum absolute atomic E-state index is 14.2. The van der Waals surface area contributed by atoms with Gasteiger partial charge in [-0.1, -0.05) is 54.0 Å². The third-order valence-electron chi connectivity index (χ3n) is 9.17. The summed E-state index contributed by atoms with van der Waals surface area (Å²) in [4.78, 5) is 73.3. The maximum Gasteiger partial charge on any atom is 0.246 e. The second-order valence-electron chi connectivity index (χ2n) is 14.4. The molecule has 50 heavy (non-hydrogen) atoms. The number of rotatable bonds is 8. The van der Waals surface area contributed by atoms with Gasteiger partial charge in [0.1, 0.15) is 23.7 Å². The molecule has 0 aliphatic carbocycles. The van der Waals surface area contributed by atoms with Crippen molar-refractivity contribution in [2.75, 3.05) is 31.1 Å². The minimum Gasteiger partial charge on any atom is -0.353 e. The average Bonchev–Trinajstić information content (AvgIpc) is 3.08. The SMILES string of the molecule is CC[C@H](C)[C@@H]1NC(=O)[C@H](CC(C)C)NC(=O)C2(CCNCC2)NC(=O)[C@@H](NC(=O)CCC(C)C)CSCc2cccc(n2)CSCCNC1=O. The summed E-state index contributed by atoms with van der Waals surface area (Å²) in [6, 6.07) is 3.31. The predicted molar refractivity (Wildman–Crippen MR) is 201 cm³/mol.